The highest BCUT2D eigenvalue weighted by Crippen LogP contribution is 2.51. The van der Waals surface area contributed by atoms with E-state index in [2.05, 4.69) is 33.7 Å². The standard InChI is InChI=1S/C32H32N4O2/c33-20-21-14-16-22(17-15-21)29-26-18-19-36(30(26)24-10-4-6-12-27(24)34-29)32(38)25-11-5-7-13-28(25)35-31(37)23-8-2-1-3-9-23/h1-4,6,8-10,12,14-17,25-26,28-30,34H,5,7,11,13,18-19H2,(H,35,37)/t25-,26-,28+,29+,30+/m0/s1. The van der Waals surface area contributed by atoms with E-state index in [1.165, 1.54) is 0 Å². The summed E-state index contributed by atoms with van der Waals surface area (Å²) in [4.78, 5) is 29.3. The summed E-state index contributed by atoms with van der Waals surface area (Å²) in [6.45, 7) is 0.701. The molecule has 3 aromatic rings. The smallest absolute Gasteiger partial charge is 0.251 e. The van der Waals surface area contributed by atoms with Gasteiger partial charge < -0.3 is 15.5 Å². The molecule has 1 saturated heterocycles. The van der Waals surface area contributed by atoms with Gasteiger partial charge in [0.1, 0.15) is 0 Å². The van der Waals surface area contributed by atoms with Crippen LogP contribution >= 0.6 is 0 Å². The van der Waals surface area contributed by atoms with Crippen LogP contribution in [0.5, 0.6) is 0 Å². The van der Waals surface area contributed by atoms with Gasteiger partial charge in [-0.1, -0.05) is 61.4 Å². The molecule has 6 rings (SSSR count). The van der Waals surface area contributed by atoms with E-state index in [1.807, 2.05) is 66.7 Å². The van der Waals surface area contributed by atoms with Gasteiger partial charge in [-0.15, -0.1) is 0 Å². The number of nitrogens with zero attached hydrogens (tertiary/aromatic N) is 2. The minimum Gasteiger partial charge on any atom is -0.378 e. The number of nitriles is 1. The van der Waals surface area contributed by atoms with Crippen molar-refractivity contribution in [1.82, 2.24) is 10.2 Å². The van der Waals surface area contributed by atoms with E-state index >= 15 is 0 Å². The van der Waals surface area contributed by atoms with Crippen LogP contribution in [0.1, 0.15) is 71.2 Å². The molecule has 0 unspecified atom stereocenters. The number of hydrogen-bond donors (Lipinski definition) is 2. The van der Waals surface area contributed by atoms with Gasteiger partial charge in [-0.05, 0) is 60.7 Å². The Hall–Kier alpha value is -4.11. The van der Waals surface area contributed by atoms with Gasteiger partial charge >= 0.3 is 0 Å². The van der Waals surface area contributed by atoms with Gasteiger partial charge in [0.05, 0.1) is 29.6 Å². The van der Waals surface area contributed by atoms with Crippen molar-refractivity contribution in [3.8, 4) is 6.07 Å². The first-order valence-electron chi connectivity index (χ1n) is 13.7. The first kappa shape index (κ1) is 24.2. The van der Waals surface area contributed by atoms with Crippen LogP contribution in [0.25, 0.3) is 0 Å². The lowest BCUT2D eigenvalue weighted by Crippen LogP contribution is -2.50. The zero-order valence-corrected chi connectivity index (χ0v) is 21.3. The molecule has 2 N–H and O–H groups in total. The molecule has 0 spiro atoms. The molecular formula is C32H32N4O2. The number of benzene rings is 3. The number of nitrogens with one attached hydrogen (secondary N) is 2. The van der Waals surface area contributed by atoms with E-state index in [9.17, 15) is 14.9 Å². The average molecular weight is 505 g/mol. The molecule has 2 amide bonds. The van der Waals surface area contributed by atoms with Crippen LogP contribution in [0.3, 0.4) is 0 Å². The maximum Gasteiger partial charge on any atom is 0.251 e. The van der Waals surface area contributed by atoms with E-state index < -0.39 is 0 Å². The highest BCUT2D eigenvalue weighted by molar-refractivity contribution is 5.95. The number of likely N-dealkylation sites (tertiary alicyclic amines) is 1. The maximum atomic E-state index is 14.2. The highest BCUT2D eigenvalue weighted by atomic mass is 16.2. The van der Waals surface area contributed by atoms with Gasteiger partial charge in [0.25, 0.3) is 5.91 Å². The monoisotopic (exact) mass is 504 g/mol. The Bertz CT molecular complexity index is 1360. The SMILES string of the molecule is N#Cc1ccc([C@H]2Nc3ccccc3[C@@H]3[C@H]2CCN3C(=O)[C@H]2CCCC[C@H]2NC(=O)c2ccccc2)cc1. The van der Waals surface area contributed by atoms with Crippen molar-refractivity contribution < 1.29 is 9.59 Å². The molecule has 3 aromatic carbocycles. The third kappa shape index (κ3) is 4.43. The minimum absolute atomic E-state index is 0.0204. The van der Waals surface area contributed by atoms with Crippen molar-refractivity contribution in [2.75, 3.05) is 11.9 Å². The second-order valence-electron chi connectivity index (χ2n) is 10.7. The van der Waals surface area contributed by atoms with E-state index in [-0.39, 0.29) is 41.8 Å². The van der Waals surface area contributed by atoms with Crippen molar-refractivity contribution in [3.05, 3.63) is 101 Å². The molecule has 0 bridgehead atoms. The third-order valence-electron chi connectivity index (χ3n) is 8.58. The lowest BCUT2D eigenvalue weighted by molar-refractivity contribution is -0.138. The summed E-state index contributed by atoms with van der Waals surface area (Å²) >= 11 is 0. The quantitative estimate of drug-likeness (QED) is 0.484. The number of hydrogen-bond acceptors (Lipinski definition) is 4. The predicted molar refractivity (Wildman–Crippen MR) is 146 cm³/mol. The molecule has 1 saturated carbocycles. The van der Waals surface area contributed by atoms with E-state index in [4.69, 9.17) is 0 Å². The van der Waals surface area contributed by atoms with Crippen LogP contribution in [0, 0.1) is 23.2 Å². The summed E-state index contributed by atoms with van der Waals surface area (Å²) in [7, 11) is 0. The normalized spacial score (nSPS) is 25.9. The van der Waals surface area contributed by atoms with Crippen LogP contribution in [-0.2, 0) is 4.79 Å². The Morgan fingerprint density at radius 3 is 2.42 bits per heavy atom. The molecule has 3 aliphatic rings. The summed E-state index contributed by atoms with van der Waals surface area (Å²) < 4.78 is 0. The summed E-state index contributed by atoms with van der Waals surface area (Å²) in [6.07, 6.45) is 4.54. The lowest BCUT2D eigenvalue weighted by atomic mass is 9.79. The van der Waals surface area contributed by atoms with Gasteiger partial charge in [0.15, 0.2) is 0 Å². The van der Waals surface area contributed by atoms with Crippen LogP contribution < -0.4 is 10.6 Å². The fraction of sp³-hybridized carbons (Fsp3) is 0.344. The second kappa shape index (κ2) is 10.3. The van der Waals surface area contributed by atoms with Gasteiger partial charge in [-0.3, -0.25) is 9.59 Å². The second-order valence-corrected chi connectivity index (χ2v) is 10.7. The number of fused-ring (bicyclic) bond motifs is 3. The largest absolute Gasteiger partial charge is 0.378 e. The molecule has 2 fully saturated rings. The number of carbonyl (C=O) groups excluding carboxylic acids is 2. The predicted octanol–water partition coefficient (Wildman–Crippen LogP) is 5.60. The molecule has 0 aromatic heterocycles. The Labute approximate surface area is 223 Å². The Morgan fingerprint density at radius 2 is 1.63 bits per heavy atom. The van der Waals surface area contributed by atoms with Crippen molar-refractivity contribution in [2.45, 2.75) is 50.2 Å². The highest BCUT2D eigenvalue weighted by Gasteiger charge is 2.48. The molecule has 6 heteroatoms. The van der Waals surface area contributed by atoms with Crippen molar-refractivity contribution in [2.24, 2.45) is 11.8 Å². The molecule has 0 radical (unpaired) electrons. The van der Waals surface area contributed by atoms with E-state index in [0.717, 1.165) is 48.9 Å². The molecule has 2 heterocycles. The molecule has 38 heavy (non-hydrogen) atoms. The fourth-order valence-corrected chi connectivity index (χ4v) is 6.72. The minimum atomic E-state index is -0.217. The topological polar surface area (TPSA) is 85.2 Å². The van der Waals surface area contributed by atoms with Crippen molar-refractivity contribution in [1.29, 1.82) is 5.26 Å². The summed E-state index contributed by atoms with van der Waals surface area (Å²) in [6, 6.07) is 27.4. The number of para-hydroxylation sites is 1. The van der Waals surface area contributed by atoms with E-state index in [1.54, 1.807) is 0 Å². The average Bonchev–Trinajstić information content (AvgIpc) is 3.43. The van der Waals surface area contributed by atoms with Gasteiger partial charge in [-0.2, -0.15) is 5.26 Å². The number of carbonyl (C=O) groups is 2. The Balaban J connectivity index is 1.28. The van der Waals surface area contributed by atoms with Crippen molar-refractivity contribution >= 4 is 17.5 Å². The molecule has 5 atom stereocenters. The van der Waals surface area contributed by atoms with Crippen LogP contribution in [0.4, 0.5) is 5.69 Å². The lowest BCUT2D eigenvalue weighted by Gasteiger charge is -2.42. The Morgan fingerprint density at radius 1 is 0.895 bits per heavy atom. The van der Waals surface area contributed by atoms with Crippen LogP contribution in [-0.4, -0.2) is 29.3 Å². The Kier molecular flexibility index (Phi) is 6.59. The van der Waals surface area contributed by atoms with Gasteiger partial charge in [0, 0.05) is 29.8 Å². The number of anilines is 1. The summed E-state index contributed by atoms with van der Waals surface area (Å²) in [5.41, 5.74) is 4.62. The van der Waals surface area contributed by atoms with Gasteiger partial charge in [0.2, 0.25) is 5.91 Å². The number of rotatable bonds is 4. The summed E-state index contributed by atoms with van der Waals surface area (Å²) in [5, 5.41) is 16.2. The maximum absolute atomic E-state index is 14.2. The molecule has 6 nitrogen and oxygen atoms in total. The molecular weight excluding hydrogens is 472 g/mol. The molecule has 192 valence electrons. The fourth-order valence-electron chi connectivity index (χ4n) is 6.72. The van der Waals surface area contributed by atoms with E-state index in [0.29, 0.717) is 17.7 Å². The van der Waals surface area contributed by atoms with Crippen LogP contribution in [0.2, 0.25) is 0 Å². The summed E-state index contributed by atoms with van der Waals surface area (Å²) in [5.74, 6) is 0.0573. The third-order valence-corrected chi connectivity index (χ3v) is 8.58. The van der Waals surface area contributed by atoms with Gasteiger partial charge in [-0.25, -0.2) is 0 Å². The molecule has 1 aliphatic carbocycles. The van der Waals surface area contributed by atoms with Crippen molar-refractivity contribution in [3.63, 3.8) is 0 Å². The first-order chi connectivity index (χ1) is 18.6. The first-order valence-corrected chi connectivity index (χ1v) is 13.7. The number of amides is 2. The molecule has 2 aliphatic heterocycles. The zero-order valence-electron chi connectivity index (χ0n) is 21.3. The van der Waals surface area contributed by atoms with Crippen LogP contribution in [0.15, 0.2) is 78.9 Å². The zero-order chi connectivity index (χ0) is 26.1.